The van der Waals surface area contributed by atoms with E-state index < -0.39 is 48.8 Å². The Morgan fingerprint density at radius 1 is 1.09 bits per heavy atom. The molecule has 3 N–H and O–H groups in total. The highest BCUT2D eigenvalue weighted by atomic mass is 35.5. The third-order valence-corrected chi connectivity index (χ3v) is 4.27. The van der Waals surface area contributed by atoms with E-state index in [1.807, 2.05) is 0 Å². The van der Waals surface area contributed by atoms with Crippen LogP contribution in [0.2, 0.25) is 5.02 Å². The van der Waals surface area contributed by atoms with Crippen molar-refractivity contribution in [1.82, 2.24) is 15.6 Å². The number of nitrogens with one attached hydrogen (secondary N) is 2. The second kappa shape index (κ2) is 12.2. The molecule has 1 aromatic carbocycles. The van der Waals surface area contributed by atoms with Crippen molar-refractivity contribution in [2.75, 3.05) is 26.3 Å². The molecule has 2 amide bonds. The maximum atomic E-state index is 13.3. The van der Waals surface area contributed by atoms with Crippen molar-refractivity contribution in [2.24, 2.45) is 0 Å². The number of carbonyl (C=O) groups is 2. The Bertz CT molecular complexity index is 962. The Morgan fingerprint density at radius 3 is 2.48 bits per heavy atom. The summed E-state index contributed by atoms with van der Waals surface area (Å²) in [7, 11) is 0. The molecular formula is C20H20ClF4N3O5. The van der Waals surface area contributed by atoms with E-state index in [-0.39, 0.29) is 36.2 Å². The molecule has 0 aliphatic rings. The van der Waals surface area contributed by atoms with Gasteiger partial charge in [0.15, 0.2) is 13.2 Å². The van der Waals surface area contributed by atoms with Crippen LogP contribution in [-0.2, 0) is 15.8 Å². The molecule has 0 aliphatic heterocycles. The smallest absolute Gasteiger partial charge is 0.433 e. The number of halogens is 5. The van der Waals surface area contributed by atoms with Gasteiger partial charge in [-0.2, -0.15) is 13.2 Å². The van der Waals surface area contributed by atoms with Crippen LogP contribution in [0, 0.1) is 5.82 Å². The predicted molar refractivity (Wildman–Crippen MR) is 108 cm³/mol. The minimum atomic E-state index is -4.63. The van der Waals surface area contributed by atoms with Gasteiger partial charge in [0, 0.05) is 25.2 Å². The number of pyridine rings is 1. The first-order valence-electron chi connectivity index (χ1n) is 9.51. The molecule has 2 rings (SSSR count). The largest absolute Gasteiger partial charge is 0.484 e. The van der Waals surface area contributed by atoms with Crippen molar-refractivity contribution in [3.05, 3.63) is 52.9 Å². The van der Waals surface area contributed by atoms with Crippen LogP contribution in [0.15, 0.2) is 36.4 Å². The van der Waals surface area contributed by atoms with Gasteiger partial charge in [-0.05, 0) is 24.6 Å². The minimum Gasteiger partial charge on any atom is -0.484 e. The molecule has 8 nitrogen and oxygen atoms in total. The van der Waals surface area contributed by atoms with Crippen molar-refractivity contribution in [3.63, 3.8) is 0 Å². The fourth-order valence-corrected chi connectivity index (χ4v) is 2.44. The molecule has 0 spiro atoms. The number of hydrogen-bond donors (Lipinski definition) is 3. The number of amides is 2. The zero-order chi connectivity index (χ0) is 24.4. The summed E-state index contributed by atoms with van der Waals surface area (Å²) < 4.78 is 61.1. The van der Waals surface area contributed by atoms with Crippen LogP contribution in [0.4, 0.5) is 17.6 Å². The molecule has 0 unspecified atom stereocenters. The third-order valence-electron chi connectivity index (χ3n) is 3.96. The maximum Gasteiger partial charge on any atom is 0.433 e. The standard InChI is InChI=1S/C20H20ClF4N3O5/c21-14-5-4-13(8-15(14)22)32-10-18(31)27-9-12(29)6-7-26-17(30)11-33-19-3-1-2-16(28-19)20(23,24)25/h1-5,8,12,29H,6-7,9-11H2,(H,26,30)(H,27,31)/t12-/m0/s1. The summed E-state index contributed by atoms with van der Waals surface area (Å²) in [6.45, 7) is -1.08. The Labute approximate surface area is 190 Å². The van der Waals surface area contributed by atoms with Crippen molar-refractivity contribution < 1.29 is 41.7 Å². The van der Waals surface area contributed by atoms with Crippen LogP contribution in [0.25, 0.3) is 0 Å². The van der Waals surface area contributed by atoms with Crippen molar-refractivity contribution in [2.45, 2.75) is 18.7 Å². The summed E-state index contributed by atoms with van der Waals surface area (Å²) in [5.41, 5.74) is -1.14. The van der Waals surface area contributed by atoms with E-state index in [1.165, 1.54) is 18.2 Å². The van der Waals surface area contributed by atoms with Gasteiger partial charge in [-0.1, -0.05) is 17.7 Å². The Balaban J connectivity index is 1.60. The second-order valence-corrected chi connectivity index (χ2v) is 7.02. The number of benzene rings is 1. The molecule has 0 saturated carbocycles. The first-order chi connectivity index (χ1) is 15.5. The van der Waals surface area contributed by atoms with Crippen LogP contribution in [-0.4, -0.2) is 54.3 Å². The fraction of sp³-hybridized carbons (Fsp3) is 0.350. The molecule has 13 heteroatoms. The van der Waals surface area contributed by atoms with E-state index in [1.54, 1.807) is 0 Å². The van der Waals surface area contributed by atoms with Gasteiger partial charge in [0.2, 0.25) is 5.88 Å². The van der Waals surface area contributed by atoms with Crippen LogP contribution in [0.5, 0.6) is 11.6 Å². The lowest BCUT2D eigenvalue weighted by Crippen LogP contribution is -2.37. The number of ether oxygens (including phenoxy) is 2. The lowest BCUT2D eigenvalue weighted by atomic mass is 10.2. The maximum absolute atomic E-state index is 13.3. The average molecular weight is 494 g/mol. The first kappa shape index (κ1) is 26.1. The van der Waals surface area contributed by atoms with Gasteiger partial charge in [0.25, 0.3) is 11.8 Å². The van der Waals surface area contributed by atoms with Gasteiger partial charge in [-0.3, -0.25) is 9.59 Å². The molecule has 0 fully saturated rings. The van der Waals surface area contributed by atoms with Crippen molar-refractivity contribution >= 4 is 23.4 Å². The number of aliphatic hydroxyl groups is 1. The normalized spacial score (nSPS) is 12.1. The van der Waals surface area contributed by atoms with Gasteiger partial charge >= 0.3 is 6.18 Å². The predicted octanol–water partition coefficient (Wildman–Crippen LogP) is 2.33. The average Bonchev–Trinajstić information content (AvgIpc) is 2.76. The molecular weight excluding hydrogens is 474 g/mol. The first-order valence-corrected chi connectivity index (χ1v) is 9.88. The molecule has 180 valence electrons. The molecule has 1 heterocycles. The Morgan fingerprint density at radius 2 is 1.79 bits per heavy atom. The van der Waals surface area contributed by atoms with Crippen LogP contribution >= 0.6 is 11.6 Å². The number of aromatic nitrogens is 1. The summed E-state index contributed by atoms with van der Waals surface area (Å²) in [6, 6.07) is 6.76. The van der Waals surface area contributed by atoms with Gasteiger partial charge in [0.05, 0.1) is 11.1 Å². The molecule has 1 atom stereocenters. The number of alkyl halides is 3. The van der Waals surface area contributed by atoms with Crippen LogP contribution in [0.1, 0.15) is 12.1 Å². The highest BCUT2D eigenvalue weighted by Gasteiger charge is 2.32. The monoisotopic (exact) mass is 493 g/mol. The zero-order valence-corrected chi connectivity index (χ0v) is 17.8. The fourth-order valence-electron chi connectivity index (χ4n) is 2.32. The van der Waals surface area contributed by atoms with E-state index in [4.69, 9.17) is 21.1 Å². The number of hydrogen-bond acceptors (Lipinski definition) is 6. The van der Waals surface area contributed by atoms with E-state index in [0.717, 1.165) is 18.2 Å². The second-order valence-electron chi connectivity index (χ2n) is 6.61. The van der Waals surface area contributed by atoms with E-state index in [2.05, 4.69) is 15.6 Å². The Kier molecular flexibility index (Phi) is 9.67. The van der Waals surface area contributed by atoms with Gasteiger partial charge in [0.1, 0.15) is 17.3 Å². The van der Waals surface area contributed by atoms with E-state index in [9.17, 15) is 32.3 Å². The summed E-state index contributed by atoms with van der Waals surface area (Å²) >= 11 is 5.54. The van der Waals surface area contributed by atoms with Crippen molar-refractivity contribution in [1.29, 1.82) is 0 Å². The van der Waals surface area contributed by atoms with Gasteiger partial charge in [-0.25, -0.2) is 9.37 Å². The molecule has 33 heavy (non-hydrogen) atoms. The molecule has 0 radical (unpaired) electrons. The molecule has 0 bridgehead atoms. The molecule has 0 saturated heterocycles. The summed E-state index contributed by atoms with van der Waals surface area (Å²) in [4.78, 5) is 26.7. The highest BCUT2D eigenvalue weighted by molar-refractivity contribution is 6.30. The van der Waals surface area contributed by atoms with Crippen LogP contribution < -0.4 is 20.1 Å². The van der Waals surface area contributed by atoms with Crippen LogP contribution in [0.3, 0.4) is 0 Å². The summed E-state index contributed by atoms with van der Waals surface area (Å²) in [5, 5.41) is 14.6. The summed E-state index contributed by atoms with van der Waals surface area (Å²) in [5.74, 6) is -2.13. The molecule has 1 aromatic heterocycles. The van der Waals surface area contributed by atoms with E-state index in [0.29, 0.717) is 0 Å². The van der Waals surface area contributed by atoms with Crippen molar-refractivity contribution in [3.8, 4) is 11.6 Å². The molecule has 0 aliphatic carbocycles. The summed E-state index contributed by atoms with van der Waals surface area (Å²) in [6.07, 6.45) is -5.54. The lowest BCUT2D eigenvalue weighted by molar-refractivity contribution is -0.141. The molecule has 2 aromatic rings. The lowest BCUT2D eigenvalue weighted by Gasteiger charge is -2.13. The number of nitrogens with zero attached hydrogens (tertiary/aromatic N) is 1. The number of aliphatic hydroxyl groups excluding tert-OH is 1. The zero-order valence-electron chi connectivity index (χ0n) is 17.0. The third kappa shape index (κ3) is 9.49. The topological polar surface area (TPSA) is 110 Å². The number of carbonyl (C=O) groups excluding carboxylic acids is 2. The van der Waals surface area contributed by atoms with Gasteiger partial charge in [-0.15, -0.1) is 0 Å². The number of rotatable bonds is 11. The Hall–Kier alpha value is -3.12. The minimum absolute atomic E-state index is 0.0236. The van der Waals surface area contributed by atoms with Gasteiger partial charge < -0.3 is 25.2 Å². The van der Waals surface area contributed by atoms with E-state index >= 15 is 0 Å². The highest BCUT2D eigenvalue weighted by Crippen LogP contribution is 2.28. The quantitative estimate of drug-likeness (QED) is 0.415. The SMILES string of the molecule is O=C(COc1ccc(Cl)c(F)c1)NC[C@@H](O)CCNC(=O)COc1cccc(C(F)(F)F)n1.